The van der Waals surface area contributed by atoms with Gasteiger partial charge in [0, 0.05) is 26.0 Å². The zero-order valence-corrected chi connectivity index (χ0v) is 9.21. The molecule has 1 fully saturated rings. The van der Waals surface area contributed by atoms with Crippen molar-refractivity contribution in [1.82, 2.24) is 14.9 Å². The number of carbonyl (C=O) groups excluding carboxylic acids is 1. The monoisotopic (exact) mass is 221 g/mol. The molecule has 0 bridgehead atoms. The Balaban J connectivity index is 1.90. The number of aliphatic hydroxyl groups excluding tert-OH is 1. The summed E-state index contributed by atoms with van der Waals surface area (Å²) >= 11 is 0. The normalized spacial score (nSPS) is 23.6. The summed E-state index contributed by atoms with van der Waals surface area (Å²) in [7, 11) is 1.75. The van der Waals surface area contributed by atoms with Gasteiger partial charge in [-0.3, -0.25) is 9.78 Å². The minimum Gasteiger partial charge on any atom is -0.393 e. The molecule has 2 rings (SSSR count). The second kappa shape index (κ2) is 4.57. The largest absolute Gasteiger partial charge is 0.393 e. The van der Waals surface area contributed by atoms with Gasteiger partial charge < -0.3 is 10.0 Å². The van der Waals surface area contributed by atoms with Crippen molar-refractivity contribution in [3.63, 3.8) is 0 Å². The van der Waals surface area contributed by atoms with E-state index in [9.17, 15) is 4.79 Å². The fraction of sp³-hybridized carbons (Fsp3) is 0.545. The second-order valence-electron chi connectivity index (χ2n) is 4.27. The van der Waals surface area contributed by atoms with Gasteiger partial charge in [-0.05, 0) is 18.8 Å². The standard InChI is InChI=1S/C11H15N3O2/c1-14(7-8-4-9(15)5-8)11(16)10-6-12-2-3-13-10/h2-3,6,8-9,15H,4-5,7H2,1H3. The minimum absolute atomic E-state index is 0.116. The first-order valence-corrected chi connectivity index (χ1v) is 5.36. The van der Waals surface area contributed by atoms with Crippen molar-refractivity contribution in [2.75, 3.05) is 13.6 Å². The Bertz CT molecular complexity index is 363. The minimum atomic E-state index is -0.176. The van der Waals surface area contributed by atoms with Crippen LogP contribution in [0.3, 0.4) is 0 Å². The zero-order chi connectivity index (χ0) is 11.5. The SMILES string of the molecule is CN(CC1CC(O)C1)C(=O)c1cnccn1. The van der Waals surface area contributed by atoms with Gasteiger partial charge in [0.2, 0.25) is 0 Å². The highest BCUT2D eigenvalue weighted by Gasteiger charge is 2.29. The Kier molecular flexibility index (Phi) is 3.14. The van der Waals surface area contributed by atoms with Crippen LogP contribution in [0.25, 0.3) is 0 Å². The summed E-state index contributed by atoms with van der Waals surface area (Å²) in [6, 6.07) is 0. The Morgan fingerprint density at radius 3 is 2.88 bits per heavy atom. The lowest BCUT2D eigenvalue weighted by Gasteiger charge is -2.34. The summed E-state index contributed by atoms with van der Waals surface area (Å²) in [6.07, 6.45) is 5.92. The summed E-state index contributed by atoms with van der Waals surface area (Å²) < 4.78 is 0. The van der Waals surface area contributed by atoms with E-state index in [1.54, 1.807) is 18.1 Å². The summed E-state index contributed by atoms with van der Waals surface area (Å²) in [5, 5.41) is 9.16. The Morgan fingerprint density at radius 1 is 1.56 bits per heavy atom. The van der Waals surface area contributed by atoms with E-state index in [0.717, 1.165) is 12.8 Å². The zero-order valence-electron chi connectivity index (χ0n) is 9.21. The van der Waals surface area contributed by atoms with Crippen molar-refractivity contribution in [3.8, 4) is 0 Å². The molecule has 5 heteroatoms. The molecule has 16 heavy (non-hydrogen) atoms. The molecule has 1 aliphatic carbocycles. The molecule has 0 aromatic carbocycles. The molecule has 1 aromatic rings. The van der Waals surface area contributed by atoms with Crippen LogP contribution in [0.15, 0.2) is 18.6 Å². The third-order valence-corrected chi connectivity index (χ3v) is 2.87. The van der Waals surface area contributed by atoms with Crippen molar-refractivity contribution in [2.45, 2.75) is 18.9 Å². The van der Waals surface area contributed by atoms with Crippen molar-refractivity contribution in [3.05, 3.63) is 24.3 Å². The molecule has 1 heterocycles. The smallest absolute Gasteiger partial charge is 0.273 e. The van der Waals surface area contributed by atoms with Crippen LogP contribution in [0, 0.1) is 5.92 Å². The molecule has 0 radical (unpaired) electrons. The molecule has 86 valence electrons. The molecule has 5 nitrogen and oxygen atoms in total. The molecule has 1 aromatic heterocycles. The molecule has 0 unspecified atom stereocenters. The Labute approximate surface area is 94.1 Å². The number of carbonyl (C=O) groups is 1. The van der Waals surface area contributed by atoms with Gasteiger partial charge in [0.1, 0.15) is 5.69 Å². The number of hydrogen-bond donors (Lipinski definition) is 1. The lowest BCUT2D eigenvalue weighted by molar-refractivity contribution is 0.0264. The van der Waals surface area contributed by atoms with Crippen LogP contribution in [0.2, 0.25) is 0 Å². The van der Waals surface area contributed by atoms with Crippen LogP contribution in [0.4, 0.5) is 0 Å². The summed E-state index contributed by atoms with van der Waals surface area (Å²) in [6.45, 7) is 0.673. The van der Waals surface area contributed by atoms with Crippen LogP contribution in [0.1, 0.15) is 23.3 Å². The van der Waals surface area contributed by atoms with E-state index in [1.807, 2.05) is 0 Å². The van der Waals surface area contributed by atoms with E-state index in [0.29, 0.717) is 18.2 Å². The third kappa shape index (κ3) is 2.36. The highest BCUT2D eigenvalue weighted by atomic mass is 16.3. The molecule has 0 atom stereocenters. The quantitative estimate of drug-likeness (QED) is 0.798. The van der Waals surface area contributed by atoms with Gasteiger partial charge in [-0.1, -0.05) is 0 Å². The molecule has 0 spiro atoms. The van der Waals surface area contributed by atoms with E-state index < -0.39 is 0 Å². The Hall–Kier alpha value is -1.49. The van der Waals surface area contributed by atoms with Gasteiger partial charge in [0.05, 0.1) is 12.3 Å². The first kappa shape index (κ1) is 11.0. The van der Waals surface area contributed by atoms with Gasteiger partial charge >= 0.3 is 0 Å². The molecular formula is C11H15N3O2. The lowest BCUT2D eigenvalue weighted by Crippen LogP contribution is -2.39. The highest BCUT2D eigenvalue weighted by Crippen LogP contribution is 2.27. The van der Waals surface area contributed by atoms with E-state index in [-0.39, 0.29) is 12.0 Å². The number of nitrogens with zero attached hydrogens (tertiary/aromatic N) is 3. The number of rotatable bonds is 3. The maximum absolute atomic E-state index is 11.9. The number of aliphatic hydroxyl groups is 1. The second-order valence-corrected chi connectivity index (χ2v) is 4.27. The maximum Gasteiger partial charge on any atom is 0.273 e. The topological polar surface area (TPSA) is 66.3 Å². The summed E-state index contributed by atoms with van der Waals surface area (Å²) in [4.78, 5) is 21.3. The molecule has 1 aliphatic rings. The number of amides is 1. The number of aromatic nitrogens is 2. The van der Waals surface area contributed by atoms with Crippen molar-refractivity contribution < 1.29 is 9.90 Å². The molecule has 1 saturated carbocycles. The highest BCUT2D eigenvalue weighted by molar-refractivity contribution is 5.91. The summed E-state index contributed by atoms with van der Waals surface area (Å²) in [5.74, 6) is 0.301. The van der Waals surface area contributed by atoms with Crippen LogP contribution >= 0.6 is 0 Å². The van der Waals surface area contributed by atoms with Crippen LogP contribution in [-0.4, -0.2) is 45.6 Å². The molecule has 1 N–H and O–H groups in total. The van der Waals surface area contributed by atoms with Gasteiger partial charge in [-0.25, -0.2) is 4.98 Å². The van der Waals surface area contributed by atoms with Gasteiger partial charge in [0.15, 0.2) is 0 Å². The third-order valence-electron chi connectivity index (χ3n) is 2.87. The van der Waals surface area contributed by atoms with Crippen LogP contribution in [-0.2, 0) is 0 Å². The van der Waals surface area contributed by atoms with Crippen LogP contribution in [0.5, 0.6) is 0 Å². The van der Waals surface area contributed by atoms with E-state index >= 15 is 0 Å². The average Bonchev–Trinajstić information content (AvgIpc) is 2.27. The first-order valence-electron chi connectivity index (χ1n) is 5.36. The number of hydrogen-bond acceptors (Lipinski definition) is 4. The van der Waals surface area contributed by atoms with Crippen LogP contribution < -0.4 is 0 Å². The Morgan fingerprint density at radius 2 is 2.31 bits per heavy atom. The van der Waals surface area contributed by atoms with Crippen molar-refractivity contribution in [1.29, 1.82) is 0 Å². The van der Waals surface area contributed by atoms with E-state index in [2.05, 4.69) is 9.97 Å². The van der Waals surface area contributed by atoms with Gasteiger partial charge in [-0.15, -0.1) is 0 Å². The molecule has 0 saturated heterocycles. The van der Waals surface area contributed by atoms with E-state index in [1.165, 1.54) is 12.4 Å². The molecular weight excluding hydrogens is 206 g/mol. The molecule has 0 aliphatic heterocycles. The van der Waals surface area contributed by atoms with Gasteiger partial charge in [-0.2, -0.15) is 0 Å². The molecule has 1 amide bonds. The first-order chi connectivity index (χ1) is 7.66. The van der Waals surface area contributed by atoms with E-state index in [4.69, 9.17) is 5.11 Å². The average molecular weight is 221 g/mol. The van der Waals surface area contributed by atoms with Crippen molar-refractivity contribution >= 4 is 5.91 Å². The van der Waals surface area contributed by atoms with Crippen molar-refractivity contribution in [2.24, 2.45) is 5.92 Å². The predicted molar refractivity (Wildman–Crippen MR) is 57.7 cm³/mol. The maximum atomic E-state index is 11.9. The summed E-state index contributed by atoms with van der Waals surface area (Å²) in [5.41, 5.74) is 0.366. The fourth-order valence-corrected chi connectivity index (χ4v) is 1.92. The van der Waals surface area contributed by atoms with Gasteiger partial charge in [0.25, 0.3) is 5.91 Å². The lowest BCUT2D eigenvalue weighted by atomic mass is 9.82. The fourth-order valence-electron chi connectivity index (χ4n) is 1.92. The predicted octanol–water partition coefficient (Wildman–Crippen LogP) is 0.319.